The van der Waals surface area contributed by atoms with E-state index in [0.717, 1.165) is 10.9 Å². The molecule has 0 bridgehead atoms. The summed E-state index contributed by atoms with van der Waals surface area (Å²) in [5.41, 5.74) is 2.33. The molecule has 0 spiro atoms. The summed E-state index contributed by atoms with van der Waals surface area (Å²) in [5.74, 6) is 0.0754. The highest BCUT2D eigenvalue weighted by Crippen LogP contribution is 2.21. The zero-order chi connectivity index (χ0) is 18.8. The standard InChI is InChI=1S/C20H17FN4O2/c1-27-15-4-3-14-9-18(24-17(14)10-15)20(26)23-11-13-2-5-19(16(21)8-13)25-7-6-22-12-25/h2-10,12,24H,11H2,1H3,(H,23,26). The third-order valence-electron chi connectivity index (χ3n) is 4.32. The first-order valence-electron chi connectivity index (χ1n) is 8.36. The number of benzene rings is 2. The second kappa shape index (κ2) is 6.95. The Balaban J connectivity index is 1.47. The zero-order valence-electron chi connectivity index (χ0n) is 14.6. The summed E-state index contributed by atoms with van der Waals surface area (Å²) in [6, 6.07) is 12.2. The number of hydrogen-bond donors (Lipinski definition) is 2. The van der Waals surface area contributed by atoms with Gasteiger partial charge in [-0.25, -0.2) is 9.37 Å². The molecule has 0 saturated heterocycles. The van der Waals surface area contributed by atoms with Gasteiger partial charge in [0.15, 0.2) is 0 Å². The fraction of sp³-hybridized carbons (Fsp3) is 0.100. The molecule has 27 heavy (non-hydrogen) atoms. The molecule has 0 saturated carbocycles. The molecule has 2 N–H and O–H groups in total. The number of nitrogens with zero attached hydrogens (tertiary/aromatic N) is 2. The Bertz CT molecular complexity index is 1100. The molecule has 4 aromatic rings. The molecular weight excluding hydrogens is 347 g/mol. The van der Waals surface area contributed by atoms with Gasteiger partial charge in [0.2, 0.25) is 0 Å². The van der Waals surface area contributed by atoms with Crippen LogP contribution in [0.25, 0.3) is 16.6 Å². The number of aromatic amines is 1. The van der Waals surface area contributed by atoms with Gasteiger partial charge in [-0.15, -0.1) is 0 Å². The Kier molecular flexibility index (Phi) is 4.33. The number of halogens is 1. The number of amides is 1. The minimum absolute atomic E-state index is 0.221. The van der Waals surface area contributed by atoms with Crippen molar-refractivity contribution >= 4 is 16.8 Å². The lowest BCUT2D eigenvalue weighted by atomic mass is 10.2. The van der Waals surface area contributed by atoms with Crippen molar-refractivity contribution in [2.45, 2.75) is 6.54 Å². The monoisotopic (exact) mass is 364 g/mol. The quantitative estimate of drug-likeness (QED) is 0.570. The molecule has 7 heteroatoms. The number of ether oxygens (including phenoxy) is 1. The van der Waals surface area contributed by atoms with E-state index < -0.39 is 0 Å². The number of carbonyl (C=O) groups is 1. The molecule has 0 aliphatic heterocycles. The van der Waals surface area contributed by atoms with E-state index in [4.69, 9.17) is 4.74 Å². The van der Waals surface area contributed by atoms with Crippen molar-refractivity contribution < 1.29 is 13.9 Å². The SMILES string of the molecule is COc1ccc2cc(C(=O)NCc3ccc(-n4ccnc4)c(F)c3)[nH]c2c1. The Labute approximate surface area is 154 Å². The van der Waals surface area contributed by atoms with Crippen LogP contribution < -0.4 is 10.1 Å². The van der Waals surface area contributed by atoms with E-state index in [1.165, 1.54) is 12.4 Å². The smallest absolute Gasteiger partial charge is 0.267 e. The summed E-state index contributed by atoms with van der Waals surface area (Å²) in [5, 5.41) is 3.71. The van der Waals surface area contributed by atoms with Crippen LogP contribution in [0.5, 0.6) is 5.75 Å². The van der Waals surface area contributed by atoms with Crippen molar-refractivity contribution in [1.29, 1.82) is 0 Å². The van der Waals surface area contributed by atoms with E-state index in [0.29, 0.717) is 22.7 Å². The van der Waals surface area contributed by atoms with Crippen LogP contribution in [0.15, 0.2) is 61.2 Å². The predicted molar refractivity (Wildman–Crippen MR) is 99.5 cm³/mol. The minimum Gasteiger partial charge on any atom is -0.497 e. The molecule has 0 radical (unpaired) electrons. The van der Waals surface area contributed by atoms with Crippen molar-refractivity contribution in [3.8, 4) is 11.4 Å². The number of rotatable bonds is 5. The summed E-state index contributed by atoms with van der Waals surface area (Å²) in [4.78, 5) is 19.4. The molecule has 1 amide bonds. The topological polar surface area (TPSA) is 71.9 Å². The summed E-state index contributed by atoms with van der Waals surface area (Å²) in [6.45, 7) is 0.221. The van der Waals surface area contributed by atoms with Gasteiger partial charge in [-0.05, 0) is 35.9 Å². The summed E-state index contributed by atoms with van der Waals surface area (Å²) >= 11 is 0. The van der Waals surface area contributed by atoms with Crippen LogP contribution >= 0.6 is 0 Å². The highest BCUT2D eigenvalue weighted by molar-refractivity contribution is 5.98. The molecule has 2 heterocycles. The van der Waals surface area contributed by atoms with E-state index in [2.05, 4.69) is 15.3 Å². The summed E-state index contributed by atoms with van der Waals surface area (Å²) in [7, 11) is 1.59. The maximum Gasteiger partial charge on any atom is 0.267 e. The Hall–Kier alpha value is -3.61. The van der Waals surface area contributed by atoms with Crippen molar-refractivity contribution in [3.63, 3.8) is 0 Å². The molecule has 136 valence electrons. The van der Waals surface area contributed by atoms with E-state index >= 15 is 0 Å². The third kappa shape index (κ3) is 3.39. The number of imidazole rings is 1. The zero-order valence-corrected chi connectivity index (χ0v) is 14.6. The first-order valence-corrected chi connectivity index (χ1v) is 8.36. The maximum absolute atomic E-state index is 14.3. The van der Waals surface area contributed by atoms with Gasteiger partial charge in [-0.2, -0.15) is 0 Å². The lowest BCUT2D eigenvalue weighted by molar-refractivity contribution is 0.0946. The van der Waals surface area contributed by atoms with E-state index in [9.17, 15) is 9.18 Å². The maximum atomic E-state index is 14.3. The average Bonchev–Trinajstić information content (AvgIpc) is 3.35. The highest BCUT2D eigenvalue weighted by Gasteiger charge is 2.11. The van der Waals surface area contributed by atoms with Gasteiger partial charge >= 0.3 is 0 Å². The lowest BCUT2D eigenvalue weighted by Crippen LogP contribution is -2.23. The van der Waals surface area contributed by atoms with Crippen molar-refractivity contribution in [1.82, 2.24) is 19.9 Å². The highest BCUT2D eigenvalue weighted by atomic mass is 19.1. The Morgan fingerprint density at radius 2 is 2.15 bits per heavy atom. The number of nitrogens with one attached hydrogen (secondary N) is 2. The van der Waals surface area contributed by atoms with Gasteiger partial charge in [0.1, 0.15) is 17.3 Å². The lowest BCUT2D eigenvalue weighted by Gasteiger charge is -2.08. The molecule has 0 atom stereocenters. The molecular formula is C20H17FN4O2. The van der Waals surface area contributed by atoms with Crippen LogP contribution in [0.1, 0.15) is 16.1 Å². The van der Waals surface area contributed by atoms with Crippen LogP contribution in [0.2, 0.25) is 0 Å². The van der Waals surface area contributed by atoms with Gasteiger partial charge in [0.05, 0.1) is 19.1 Å². The second-order valence-corrected chi connectivity index (χ2v) is 6.07. The van der Waals surface area contributed by atoms with Crippen molar-refractivity contribution in [2.24, 2.45) is 0 Å². The fourth-order valence-electron chi connectivity index (χ4n) is 2.90. The van der Waals surface area contributed by atoms with Crippen LogP contribution in [-0.2, 0) is 6.54 Å². The number of carbonyl (C=O) groups excluding carboxylic acids is 1. The second-order valence-electron chi connectivity index (χ2n) is 6.07. The third-order valence-corrected chi connectivity index (χ3v) is 4.32. The number of fused-ring (bicyclic) bond motifs is 1. The van der Waals surface area contributed by atoms with Crippen LogP contribution in [-0.4, -0.2) is 27.6 Å². The molecule has 2 aromatic heterocycles. The van der Waals surface area contributed by atoms with Crippen molar-refractivity contribution in [3.05, 3.63) is 78.3 Å². The Morgan fingerprint density at radius 3 is 2.89 bits per heavy atom. The van der Waals surface area contributed by atoms with E-state index in [1.807, 2.05) is 18.2 Å². The molecule has 0 unspecified atom stereocenters. The van der Waals surface area contributed by atoms with Gasteiger partial charge in [-0.1, -0.05) is 6.07 Å². The summed E-state index contributed by atoms with van der Waals surface area (Å²) < 4.78 is 21.1. The normalized spacial score (nSPS) is 10.9. The first kappa shape index (κ1) is 16.8. The number of methoxy groups -OCH3 is 1. The molecule has 0 aliphatic rings. The van der Waals surface area contributed by atoms with E-state index in [1.54, 1.807) is 42.3 Å². The van der Waals surface area contributed by atoms with Crippen LogP contribution in [0.3, 0.4) is 0 Å². The predicted octanol–water partition coefficient (Wildman–Crippen LogP) is 3.43. The van der Waals surface area contributed by atoms with Crippen LogP contribution in [0.4, 0.5) is 4.39 Å². The molecule has 6 nitrogen and oxygen atoms in total. The number of hydrogen-bond acceptors (Lipinski definition) is 3. The van der Waals surface area contributed by atoms with Gasteiger partial charge < -0.3 is 19.6 Å². The van der Waals surface area contributed by atoms with Gasteiger partial charge in [-0.3, -0.25) is 4.79 Å². The number of aromatic nitrogens is 3. The number of H-pyrrole nitrogens is 1. The minimum atomic E-state index is -0.377. The summed E-state index contributed by atoms with van der Waals surface area (Å²) in [6.07, 6.45) is 4.79. The van der Waals surface area contributed by atoms with Gasteiger partial charge in [0.25, 0.3) is 5.91 Å². The largest absolute Gasteiger partial charge is 0.497 e. The molecule has 2 aromatic carbocycles. The molecule has 0 aliphatic carbocycles. The average molecular weight is 364 g/mol. The van der Waals surface area contributed by atoms with E-state index in [-0.39, 0.29) is 18.3 Å². The fourth-order valence-corrected chi connectivity index (χ4v) is 2.90. The van der Waals surface area contributed by atoms with Crippen LogP contribution in [0, 0.1) is 5.82 Å². The first-order chi connectivity index (χ1) is 13.1. The molecule has 0 fully saturated rings. The molecule has 4 rings (SSSR count). The van der Waals surface area contributed by atoms with Crippen molar-refractivity contribution in [2.75, 3.05) is 7.11 Å². The Morgan fingerprint density at radius 1 is 1.26 bits per heavy atom. The van der Waals surface area contributed by atoms with Gasteiger partial charge in [0, 0.05) is 35.9 Å².